The molecule has 1 aliphatic rings. The molecule has 0 bridgehead atoms. The van der Waals surface area contributed by atoms with Gasteiger partial charge in [-0.2, -0.15) is 0 Å². The second-order valence-electron chi connectivity index (χ2n) is 5.98. The molecular weight excluding hydrogens is 304 g/mol. The molecule has 2 amide bonds. The van der Waals surface area contributed by atoms with E-state index < -0.39 is 0 Å². The molecule has 0 aromatic carbocycles. The highest BCUT2D eigenvalue weighted by Crippen LogP contribution is 2.20. The Bertz CT molecular complexity index is 733. The number of likely N-dealkylation sites (tertiary alicyclic amines) is 1. The zero-order valence-corrected chi connectivity index (χ0v) is 13.6. The van der Waals surface area contributed by atoms with E-state index in [1.165, 1.54) is 0 Å². The number of pyridine rings is 2. The summed E-state index contributed by atoms with van der Waals surface area (Å²) >= 11 is 0. The van der Waals surface area contributed by atoms with Crippen LogP contribution in [-0.2, 0) is 4.79 Å². The van der Waals surface area contributed by atoms with Gasteiger partial charge in [-0.25, -0.2) is 4.98 Å². The van der Waals surface area contributed by atoms with Gasteiger partial charge in [-0.3, -0.25) is 14.6 Å². The van der Waals surface area contributed by atoms with Crippen LogP contribution >= 0.6 is 0 Å². The van der Waals surface area contributed by atoms with Gasteiger partial charge in [0.1, 0.15) is 5.82 Å². The maximum absolute atomic E-state index is 12.5. The average molecular weight is 324 g/mol. The molecule has 124 valence electrons. The first-order valence-corrected chi connectivity index (χ1v) is 8.07. The van der Waals surface area contributed by atoms with Crippen molar-refractivity contribution in [3.8, 4) is 0 Å². The number of rotatable bonds is 3. The molecular formula is C18H20N4O2. The number of nitrogens with zero attached hydrogens (tertiary/aromatic N) is 3. The second kappa shape index (κ2) is 7.21. The summed E-state index contributed by atoms with van der Waals surface area (Å²) in [6.45, 7) is 2.98. The lowest BCUT2D eigenvalue weighted by Gasteiger charge is -2.32. The topological polar surface area (TPSA) is 75.2 Å². The van der Waals surface area contributed by atoms with Gasteiger partial charge in [-0.15, -0.1) is 0 Å². The van der Waals surface area contributed by atoms with Gasteiger partial charge >= 0.3 is 0 Å². The van der Waals surface area contributed by atoms with E-state index in [-0.39, 0.29) is 17.7 Å². The highest BCUT2D eigenvalue weighted by Gasteiger charge is 2.29. The van der Waals surface area contributed by atoms with Crippen LogP contribution in [0.15, 0.2) is 42.7 Å². The first-order chi connectivity index (χ1) is 11.6. The minimum atomic E-state index is -0.216. The van der Waals surface area contributed by atoms with Gasteiger partial charge in [0.15, 0.2) is 0 Å². The molecule has 0 saturated carbocycles. The van der Waals surface area contributed by atoms with Gasteiger partial charge in [-0.05, 0) is 44.0 Å². The minimum Gasteiger partial charge on any atom is -0.338 e. The molecule has 1 atom stereocenters. The first kappa shape index (κ1) is 16.1. The third-order valence-corrected chi connectivity index (χ3v) is 4.15. The van der Waals surface area contributed by atoms with E-state index in [0.29, 0.717) is 24.5 Å². The molecule has 0 aliphatic carbocycles. The monoisotopic (exact) mass is 324 g/mol. The number of nitrogens with one attached hydrogen (secondary N) is 1. The lowest BCUT2D eigenvalue weighted by molar-refractivity contribution is -0.121. The summed E-state index contributed by atoms with van der Waals surface area (Å²) in [7, 11) is 0. The molecule has 1 fully saturated rings. The standard InChI is InChI=1S/C18H20N4O2/c1-13-4-2-6-16(20-13)21-17(23)15-5-3-11-22(12-15)18(24)14-7-9-19-10-8-14/h2,4,6-10,15H,3,5,11-12H2,1H3,(H,20,21,23). The van der Waals surface area contributed by atoms with E-state index in [9.17, 15) is 9.59 Å². The molecule has 2 aromatic rings. The Morgan fingerprint density at radius 3 is 2.75 bits per heavy atom. The number of hydrogen-bond donors (Lipinski definition) is 1. The van der Waals surface area contributed by atoms with E-state index in [1.54, 1.807) is 35.5 Å². The molecule has 1 aliphatic heterocycles. The SMILES string of the molecule is Cc1cccc(NC(=O)C2CCCN(C(=O)c3ccncc3)C2)n1. The van der Waals surface area contributed by atoms with Crippen LogP contribution in [0.2, 0.25) is 0 Å². The summed E-state index contributed by atoms with van der Waals surface area (Å²) in [6.07, 6.45) is 4.80. The van der Waals surface area contributed by atoms with Gasteiger partial charge in [0, 0.05) is 36.7 Å². The van der Waals surface area contributed by atoms with Crippen molar-refractivity contribution in [2.24, 2.45) is 5.92 Å². The smallest absolute Gasteiger partial charge is 0.253 e. The van der Waals surface area contributed by atoms with Crippen molar-refractivity contribution >= 4 is 17.6 Å². The van der Waals surface area contributed by atoms with Gasteiger partial charge in [0.25, 0.3) is 5.91 Å². The molecule has 1 unspecified atom stereocenters. The molecule has 0 radical (unpaired) electrons. The summed E-state index contributed by atoms with van der Waals surface area (Å²) in [4.78, 5) is 35.0. The van der Waals surface area contributed by atoms with Crippen molar-refractivity contribution in [1.82, 2.24) is 14.9 Å². The number of hydrogen-bond acceptors (Lipinski definition) is 4. The van der Waals surface area contributed by atoms with Crippen molar-refractivity contribution in [1.29, 1.82) is 0 Å². The minimum absolute atomic E-state index is 0.0522. The lowest BCUT2D eigenvalue weighted by Crippen LogP contribution is -2.43. The fourth-order valence-corrected chi connectivity index (χ4v) is 2.89. The van der Waals surface area contributed by atoms with Crippen molar-refractivity contribution in [2.75, 3.05) is 18.4 Å². The molecule has 24 heavy (non-hydrogen) atoms. The van der Waals surface area contributed by atoms with Crippen LogP contribution in [0.1, 0.15) is 28.9 Å². The molecule has 0 spiro atoms. The highest BCUT2D eigenvalue weighted by molar-refractivity contribution is 5.96. The van der Waals surface area contributed by atoms with Gasteiger partial charge in [-0.1, -0.05) is 6.07 Å². The average Bonchev–Trinajstić information content (AvgIpc) is 2.62. The van der Waals surface area contributed by atoms with Crippen molar-refractivity contribution in [3.63, 3.8) is 0 Å². The third-order valence-electron chi connectivity index (χ3n) is 4.15. The molecule has 3 heterocycles. The third kappa shape index (κ3) is 3.76. The van der Waals surface area contributed by atoms with E-state index in [2.05, 4.69) is 15.3 Å². The second-order valence-corrected chi connectivity index (χ2v) is 5.98. The fourth-order valence-electron chi connectivity index (χ4n) is 2.89. The summed E-state index contributed by atoms with van der Waals surface area (Å²) in [6, 6.07) is 8.91. The van der Waals surface area contributed by atoms with E-state index in [0.717, 1.165) is 18.5 Å². The number of carbonyl (C=O) groups excluding carboxylic acids is 2. The molecule has 6 heteroatoms. The summed E-state index contributed by atoms with van der Waals surface area (Å²) in [5.74, 6) is 0.202. The maximum atomic E-state index is 12.5. The van der Waals surface area contributed by atoms with Crippen molar-refractivity contribution in [2.45, 2.75) is 19.8 Å². The Kier molecular flexibility index (Phi) is 4.84. The van der Waals surface area contributed by atoms with Crippen LogP contribution in [0.5, 0.6) is 0 Å². The van der Waals surface area contributed by atoms with E-state index in [1.807, 2.05) is 19.1 Å². The van der Waals surface area contributed by atoms with Crippen LogP contribution in [0, 0.1) is 12.8 Å². The van der Waals surface area contributed by atoms with Gasteiger partial charge in [0.2, 0.25) is 5.91 Å². The highest BCUT2D eigenvalue weighted by atomic mass is 16.2. The summed E-state index contributed by atoms with van der Waals surface area (Å²) in [5, 5.41) is 2.85. The van der Waals surface area contributed by atoms with Crippen LogP contribution in [0.4, 0.5) is 5.82 Å². The molecule has 1 N–H and O–H groups in total. The molecule has 3 rings (SSSR count). The molecule has 2 aromatic heterocycles. The van der Waals surface area contributed by atoms with Crippen LogP contribution in [0.3, 0.4) is 0 Å². The predicted octanol–water partition coefficient (Wildman–Crippen LogP) is 2.28. The fraction of sp³-hybridized carbons (Fsp3) is 0.333. The van der Waals surface area contributed by atoms with Crippen LogP contribution in [0.25, 0.3) is 0 Å². The molecule has 6 nitrogen and oxygen atoms in total. The Labute approximate surface area is 140 Å². The quantitative estimate of drug-likeness (QED) is 0.940. The Morgan fingerprint density at radius 1 is 1.21 bits per heavy atom. The normalized spacial score (nSPS) is 17.4. The first-order valence-electron chi connectivity index (χ1n) is 8.07. The maximum Gasteiger partial charge on any atom is 0.253 e. The van der Waals surface area contributed by atoms with Crippen molar-refractivity contribution in [3.05, 3.63) is 54.0 Å². The lowest BCUT2D eigenvalue weighted by atomic mass is 9.96. The summed E-state index contributed by atoms with van der Waals surface area (Å²) in [5.41, 5.74) is 1.46. The predicted molar refractivity (Wildman–Crippen MR) is 90.5 cm³/mol. The summed E-state index contributed by atoms with van der Waals surface area (Å²) < 4.78 is 0. The number of piperidine rings is 1. The number of aromatic nitrogens is 2. The molecule has 1 saturated heterocycles. The number of anilines is 1. The van der Waals surface area contributed by atoms with Crippen LogP contribution in [-0.4, -0.2) is 39.8 Å². The Hall–Kier alpha value is -2.76. The van der Waals surface area contributed by atoms with Crippen LogP contribution < -0.4 is 5.32 Å². The number of aryl methyl sites for hydroxylation is 1. The van der Waals surface area contributed by atoms with Crippen molar-refractivity contribution < 1.29 is 9.59 Å². The van der Waals surface area contributed by atoms with E-state index >= 15 is 0 Å². The largest absolute Gasteiger partial charge is 0.338 e. The number of amides is 2. The Morgan fingerprint density at radius 2 is 2.00 bits per heavy atom. The zero-order chi connectivity index (χ0) is 16.9. The number of carbonyl (C=O) groups is 2. The van der Waals surface area contributed by atoms with E-state index in [4.69, 9.17) is 0 Å². The van der Waals surface area contributed by atoms with Gasteiger partial charge in [0.05, 0.1) is 5.92 Å². The zero-order valence-electron chi connectivity index (χ0n) is 13.6. The Balaban J connectivity index is 1.65. The van der Waals surface area contributed by atoms with Gasteiger partial charge < -0.3 is 10.2 Å².